The van der Waals surface area contributed by atoms with Gasteiger partial charge in [0, 0.05) is 23.4 Å². The molecule has 0 aliphatic heterocycles. The highest BCUT2D eigenvalue weighted by molar-refractivity contribution is 9.10. The normalized spacial score (nSPS) is 12.6. The summed E-state index contributed by atoms with van der Waals surface area (Å²) in [6.45, 7) is 5.90. The van der Waals surface area contributed by atoms with Gasteiger partial charge in [-0.05, 0) is 57.0 Å². The third-order valence-corrected chi connectivity index (χ3v) is 3.92. The zero-order valence-corrected chi connectivity index (χ0v) is 14.1. The van der Waals surface area contributed by atoms with Gasteiger partial charge >= 0.3 is 0 Å². The van der Waals surface area contributed by atoms with Crippen molar-refractivity contribution in [2.24, 2.45) is 0 Å². The Hall–Kier alpha value is -0.720. The predicted molar refractivity (Wildman–Crippen MR) is 83.1 cm³/mol. The van der Waals surface area contributed by atoms with Gasteiger partial charge < -0.3 is 5.32 Å². The van der Waals surface area contributed by atoms with Crippen LogP contribution < -0.4 is 5.32 Å². The van der Waals surface area contributed by atoms with Crippen molar-refractivity contribution in [3.8, 4) is 0 Å². The number of rotatable bonds is 5. The molecule has 2 aromatic heterocycles. The summed E-state index contributed by atoms with van der Waals surface area (Å²) in [6, 6.07) is 2.16. The number of hydrogen-bond donors (Lipinski definition) is 1. The summed E-state index contributed by atoms with van der Waals surface area (Å²) in [5.41, 5.74) is 2.25. The predicted octanol–water partition coefficient (Wildman–Crippen LogP) is 3.52. The maximum atomic E-state index is 4.38. The van der Waals surface area contributed by atoms with Gasteiger partial charge in [-0.2, -0.15) is 5.10 Å². The van der Waals surface area contributed by atoms with E-state index in [1.807, 2.05) is 17.1 Å². The molecule has 102 valence electrons. The molecular formula is C13H16Br2N4. The maximum absolute atomic E-state index is 4.38. The van der Waals surface area contributed by atoms with Gasteiger partial charge in [-0.25, -0.2) is 0 Å². The van der Waals surface area contributed by atoms with Gasteiger partial charge in [-0.1, -0.05) is 6.92 Å². The lowest BCUT2D eigenvalue weighted by atomic mass is 10.1. The molecule has 6 heteroatoms. The minimum absolute atomic E-state index is 0.0758. The zero-order valence-electron chi connectivity index (χ0n) is 10.9. The summed E-state index contributed by atoms with van der Waals surface area (Å²) < 4.78 is 3.99. The highest BCUT2D eigenvalue weighted by Crippen LogP contribution is 2.29. The second-order valence-electron chi connectivity index (χ2n) is 4.12. The van der Waals surface area contributed by atoms with Gasteiger partial charge in [0.1, 0.15) is 0 Å². The van der Waals surface area contributed by atoms with Crippen LogP contribution in [-0.4, -0.2) is 21.3 Å². The highest BCUT2D eigenvalue weighted by Gasteiger charge is 2.21. The van der Waals surface area contributed by atoms with Crippen molar-refractivity contribution in [3.63, 3.8) is 0 Å². The molecule has 0 bridgehead atoms. The van der Waals surface area contributed by atoms with Gasteiger partial charge in [0.25, 0.3) is 0 Å². The van der Waals surface area contributed by atoms with Gasteiger partial charge in [0.05, 0.1) is 22.4 Å². The molecule has 0 aliphatic rings. The number of nitrogens with one attached hydrogen (secondary N) is 1. The van der Waals surface area contributed by atoms with E-state index in [4.69, 9.17) is 0 Å². The van der Waals surface area contributed by atoms with Crippen molar-refractivity contribution >= 4 is 31.9 Å². The van der Waals surface area contributed by atoms with E-state index in [1.165, 1.54) is 0 Å². The first-order chi connectivity index (χ1) is 9.17. The summed E-state index contributed by atoms with van der Waals surface area (Å²) in [5.74, 6) is 0. The number of hydrogen-bond acceptors (Lipinski definition) is 3. The Morgan fingerprint density at radius 3 is 2.68 bits per heavy atom. The Kier molecular flexibility index (Phi) is 5.13. The van der Waals surface area contributed by atoms with E-state index in [-0.39, 0.29) is 6.04 Å². The van der Waals surface area contributed by atoms with E-state index >= 15 is 0 Å². The fourth-order valence-electron chi connectivity index (χ4n) is 2.07. The molecule has 1 atom stereocenters. The first-order valence-electron chi connectivity index (χ1n) is 6.22. The standard InChI is InChI=1S/C13H16Br2N4/c1-3-17-12(9-5-10(14)7-16-6-9)13-11(15)8-18-19(13)4-2/h5-8,12,17H,3-4H2,1-2H3. The van der Waals surface area contributed by atoms with Crippen LogP contribution >= 0.6 is 31.9 Å². The SMILES string of the molecule is CCNC(c1cncc(Br)c1)c1c(Br)cnn1CC. The number of aromatic nitrogens is 3. The summed E-state index contributed by atoms with van der Waals surface area (Å²) in [6.07, 6.45) is 5.52. The fourth-order valence-corrected chi connectivity index (χ4v) is 2.98. The second kappa shape index (κ2) is 6.63. The Morgan fingerprint density at radius 2 is 2.05 bits per heavy atom. The van der Waals surface area contributed by atoms with Crippen molar-refractivity contribution in [1.29, 1.82) is 0 Å². The molecule has 0 fully saturated rings. The lowest BCUT2D eigenvalue weighted by Gasteiger charge is -2.20. The van der Waals surface area contributed by atoms with Crippen molar-refractivity contribution < 1.29 is 0 Å². The van der Waals surface area contributed by atoms with Gasteiger partial charge in [0.15, 0.2) is 0 Å². The lowest BCUT2D eigenvalue weighted by Crippen LogP contribution is -2.25. The summed E-state index contributed by atoms with van der Waals surface area (Å²) in [5, 5.41) is 7.88. The molecule has 0 aliphatic carbocycles. The average molecular weight is 388 g/mol. The van der Waals surface area contributed by atoms with Crippen molar-refractivity contribution in [2.45, 2.75) is 26.4 Å². The van der Waals surface area contributed by atoms with Gasteiger partial charge in [0.2, 0.25) is 0 Å². The summed E-state index contributed by atoms with van der Waals surface area (Å²) >= 11 is 7.06. The van der Waals surface area contributed by atoms with Crippen molar-refractivity contribution in [2.75, 3.05) is 6.54 Å². The Bertz CT molecular complexity index is 553. The molecule has 1 unspecified atom stereocenters. The maximum Gasteiger partial charge on any atom is 0.0775 e. The molecule has 0 radical (unpaired) electrons. The zero-order chi connectivity index (χ0) is 13.8. The van der Waals surface area contributed by atoms with Crippen LogP contribution in [0.5, 0.6) is 0 Å². The van der Waals surface area contributed by atoms with E-state index in [9.17, 15) is 0 Å². The molecule has 0 amide bonds. The molecule has 19 heavy (non-hydrogen) atoms. The first kappa shape index (κ1) is 14.7. The van der Waals surface area contributed by atoms with E-state index in [0.717, 1.165) is 33.3 Å². The molecule has 1 N–H and O–H groups in total. The van der Waals surface area contributed by atoms with Crippen LogP contribution in [-0.2, 0) is 6.54 Å². The molecule has 0 saturated heterocycles. The van der Waals surface area contributed by atoms with Crippen LogP contribution in [0.3, 0.4) is 0 Å². The molecular weight excluding hydrogens is 372 g/mol. The monoisotopic (exact) mass is 386 g/mol. The largest absolute Gasteiger partial charge is 0.305 e. The molecule has 0 spiro atoms. The molecule has 2 aromatic rings. The number of aryl methyl sites for hydroxylation is 1. The Labute approximate surface area is 129 Å². The Morgan fingerprint density at radius 1 is 1.26 bits per heavy atom. The lowest BCUT2D eigenvalue weighted by molar-refractivity contribution is 0.539. The van der Waals surface area contributed by atoms with Crippen molar-refractivity contribution in [3.05, 3.63) is 44.9 Å². The summed E-state index contributed by atoms with van der Waals surface area (Å²) in [7, 11) is 0. The van der Waals surface area contributed by atoms with Gasteiger partial charge in [-0.3, -0.25) is 9.67 Å². The van der Waals surface area contributed by atoms with Crippen LogP contribution in [0.1, 0.15) is 31.1 Å². The third-order valence-electron chi connectivity index (χ3n) is 2.87. The molecule has 2 rings (SSSR count). The third kappa shape index (κ3) is 3.24. The number of nitrogens with zero attached hydrogens (tertiary/aromatic N) is 3. The highest BCUT2D eigenvalue weighted by atomic mass is 79.9. The van der Waals surface area contributed by atoms with Crippen LogP contribution in [0.2, 0.25) is 0 Å². The molecule has 2 heterocycles. The number of halogens is 2. The quantitative estimate of drug-likeness (QED) is 0.853. The van der Waals surface area contributed by atoms with Crippen molar-refractivity contribution in [1.82, 2.24) is 20.1 Å². The molecule has 4 nitrogen and oxygen atoms in total. The average Bonchev–Trinajstić information content (AvgIpc) is 2.77. The second-order valence-corrected chi connectivity index (χ2v) is 5.89. The van der Waals surface area contributed by atoms with E-state index < -0.39 is 0 Å². The topological polar surface area (TPSA) is 42.7 Å². The molecule has 0 saturated carbocycles. The Balaban J connectivity index is 2.48. The fraction of sp³-hybridized carbons (Fsp3) is 0.385. The van der Waals surface area contributed by atoms with E-state index in [0.29, 0.717) is 0 Å². The number of pyridine rings is 1. The van der Waals surface area contributed by atoms with E-state index in [2.05, 4.69) is 67.2 Å². The van der Waals surface area contributed by atoms with Crippen LogP contribution in [0.4, 0.5) is 0 Å². The molecule has 0 aromatic carbocycles. The van der Waals surface area contributed by atoms with E-state index in [1.54, 1.807) is 6.20 Å². The minimum Gasteiger partial charge on any atom is -0.305 e. The van der Waals surface area contributed by atoms with Crippen LogP contribution in [0.15, 0.2) is 33.6 Å². The van der Waals surface area contributed by atoms with Crippen LogP contribution in [0, 0.1) is 0 Å². The first-order valence-corrected chi connectivity index (χ1v) is 7.81. The summed E-state index contributed by atoms with van der Waals surface area (Å²) in [4.78, 5) is 4.25. The van der Waals surface area contributed by atoms with Gasteiger partial charge in [-0.15, -0.1) is 0 Å². The van der Waals surface area contributed by atoms with Crippen LogP contribution in [0.25, 0.3) is 0 Å². The minimum atomic E-state index is 0.0758. The smallest absolute Gasteiger partial charge is 0.0775 e.